The SMILES string of the molecule is COc1ccc([Si](C)(C)[C@H]2[C@H](CCn3cc(C(CO)c4ccccc4)nn3)O[C@@]3(C(=O)N(c4ccccc4)c4ccc(OC)cc43)[C@@H]2C)cc1. The van der Waals surface area contributed by atoms with Gasteiger partial charge in [-0.05, 0) is 60.0 Å². The van der Waals surface area contributed by atoms with Gasteiger partial charge in [-0.25, -0.2) is 0 Å². The highest BCUT2D eigenvalue weighted by Gasteiger charge is 2.66. The van der Waals surface area contributed by atoms with Crippen molar-refractivity contribution in [3.63, 3.8) is 0 Å². The molecule has 1 spiro atoms. The van der Waals surface area contributed by atoms with Gasteiger partial charge in [0.05, 0.1) is 52.3 Å². The zero-order valence-electron chi connectivity index (χ0n) is 29.2. The molecule has 1 amide bonds. The lowest BCUT2D eigenvalue weighted by atomic mass is 9.82. The van der Waals surface area contributed by atoms with Crippen LogP contribution in [0.2, 0.25) is 18.6 Å². The van der Waals surface area contributed by atoms with E-state index >= 15 is 4.79 Å². The van der Waals surface area contributed by atoms with E-state index in [0.29, 0.717) is 24.4 Å². The van der Waals surface area contributed by atoms with Gasteiger partial charge in [0.25, 0.3) is 5.91 Å². The van der Waals surface area contributed by atoms with Gasteiger partial charge in [0.1, 0.15) is 11.5 Å². The van der Waals surface area contributed by atoms with Gasteiger partial charge < -0.3 is 19.3 Å². The molecule has 1 N–H and O–H groups in total. The summed E-state index contributed by atoms with van der Waals surface area (Å²) in [7, 11) is 0.990. The monoisotopic (exact) mass is 688 g/mol. The summed E-state index contributed by atoms with van der Waals surface area (Å²) in [6, 6.07) is 33.9. The maximum atomic E-state index is 15.1. The molecule has 9 nitrogen and oxygen atoms in total. The number of ether oxygens (including phenoxy) is 3. The Morgan fingerprint density at radius 3 is 2.24 bits per heavy atom. The number of aromatic nitrogens is 3. The summed E-state index contributed by atoms with van der Waals surface area (Å²) in [6.45, 7) is 7.43. The summed E-state index contributed by atoms with van der Waals surface area (Å²) >= 11 is 0. The van der Waals surface area contributed by atoms with Crippen LogP contribution in [0.25, 0.3) is 0 Å². The number of amides is 1. The highest BCUT2D eigenvalue weighted by Crippen LogP contribution is 2.61. The van der Waals surface area contributed by atoms with Crippen LogP contribution in [0, 0.1) is 5.92 Å². The average molecular weight is 689 g/mol. The van der Waals surface area contributed by atoms with Crippen molar-refractivity contribution in [2.45, 2.75) is 56.1 Å². The summed E-state index contributed by atoms with van der Waals surface area (Å²) in [6.07, 6.45) is 2.28. The number of aliphatic hydroxyl groups excluding tert-OH is 1. The van der Waals surface area contributed by atoms with E-state index in [1.807, 2.05) is 107 Å². The standard InChI is InChI=1S/C40H44N4O5Si/c1-27-38(50(4,5)32-19-16-30(47-2)17-20-32)37(22-23-43-25-35(41-42-43)33(26-45)28-12-8-6-9-13-28)49-40(27)34-24-31(48-3)18-21-36(34)44(39(40)46)29-14-10-7-11-15-29/h6-21,24-25,27,33,37-38,45H,22-23,26H2,1-5H3/t27-,33?,37+,38-,40+/m1/s1. The number of carbonyl (C=O) groups is 1. The number of hydrogen-bond donors (Lipinski definition) is 1. The first-order chi connectivity index (χ1) is 24.2. The van der Waals surface area contributed by atoms with Crippen LogP contribution in [0.5, 0.6) is 11.5 Å². The van der Waals surface area contributed by atoms with Crippen molar-refractivity contribution in [3.05, 3.63) is 126 Å². The number of carbonyl (C=O) groups excluding carboxylic acids is 1. The highest BCUT2D eigenvalue weighted by molar-refractivity contribution is 6.91. The molecule has 258 valence electrons. The Bertz CT molecular complexity index is 1950. The molecule has 1 fully saturated rings. The Morgan fingerprint density at radius 2 is 1.58 bits per heavy atom. The molecule has 4 aromatic carbocycles. The molecule has 0 radical (unpaired) electrons. The van der Waals surface area contributed by atoms with E-state index in [2.05, 4.69) is 42.5 Å². The fourth-order valence-corrected chi connectivity index (χ4v) is 12.4. The van der Waals surface area contributed by atoms with Crippen molar-refractivity contribution in [3.8, 4) is 11.5 Å². The number of anilines is 2. The minimum atomic E-state index is -2.34. The van der Waals surface area contributed by atoms with Crippen LogP contribution in [0.15, 0.2) is 109 Å². The van der Waals surface area contributed by atoms with Crippen LogP contribution in [-0.2, 0) is 21.7 Å². The Balaban J connectivity index is 1.28. The fraction of sp³-hybridized carbons (Fsp3) is 0.325. The largest absolute Gasteiger partial charge is 0.497 e. The molecule has 1 aromatic heterocycles. The Hall–Kier alpha value is -4.77. The molecule has 0 aliphatic carbocycles. The molecule has 1 saturated heterocycles. The van der Waals surface area contributed by atoms with E-state index in [1.165, 1.54) is 5.19 Å². The van der Waals surface area contributed by atoms with Gasteiger partial charge in [0.2, 0.25) is 0 Å². The van der Waals surface area contributed by atoms with E-state index in [9.17, 15) is 5.11 Å². The van der Waals surface area contributed by atoms with Crippen LogP contribution in [0.4, 0.5) is 11.4 Å². The highest BCUT2D eigenvalue weighted by atomic mass is 28.3. The first-order valence-corrected chi connectivity index (χ1v) is 20.3. The zero-order valence-corrected chi connectivity index (χ0v) is 30.2. The van der Waals surface area contributed by atoms with Gasteiger partial charge >= 0.3 is 0 Å². The summed E-state index contributed by atoms with van der Waals surface area (Å²) in [5.41, 5.74) is 3.00. The summed E-state index contributed by atoms with van der Waals surface area (Å²) in [5.74, 6) is 0.984. The van der Waals surface area contributed by atoms with Gasteiger partial charge in [-0.3, -0.25) is 14.4 Å². The van der Waals surface area contributed by atoms with Crippen LogP contribution in [0.1, 0.15) is 36.1 Å². The smallest absolute Gasteiger partial charge is 0.268 e. The summed E-state index contributed by atoms with van der Waals surface area (Å²) < 4.78 is 20.3. The topological polar surface area (TPSA) is 98.9 Å². The zero-order chi connectivity index (χ0) is 35.0. The molecular weight excluding hydrogens is 645 g/mol. The second-order valence-electron chi connectivity index (χ2n) is 13.9. The number of rotatable bonds is 11. The Morgan fingerprint density at radius 1 is 0.920 bits per heavy atom. The molecule has 3 heterocycles. The lowest BCUT2D eigenvalue weighted by Crippen LogP contribution is -2.51. The van der Waals surface area contributed by atoms with Crippen molar-refractivity contribution < 1.29 is 24.1 Å². The normalized spacial score (nSPS) is 22.2. The first kappa shape index (κ1) is 33.7. The van der Waals surface area contributed by atoms with Crippen molar-refractivity contribution in [2.24, 2.45) is 5.92 Å². The van der Waals surface area contributed by atoms with Crippen molar-refractivity contribution in [1.82, 2.24) is 15.0 Å². The molecule has 0 saturated carbocycles. The lowest BCUT2D eigenvalue weighted by Gasteiger charge is -2.37. The number of methoxy groups -OCH3 is 2. The second-order valence-corrected chi connectivity index (χ2v) is 18.5. The minimum absolute atomic E-state index is 0.0621. The maximum Gasteiger partial charge on any atom is 0.268 e. The number of para-hydroxylation sites is 1. The third-order valence-electron chi connectivity index (χ3n) is 10.9. The third kappa shape index (κ3) is 5.61. The number of aryl methyl sites for hydroxylation is 1. The number of fused-ring (bicyclic) bond motifs is 2. The van der Waals surface area contributed by atoms with E-state index < -0.39 is 13.7 Å². The predicted molar refractivity (Wildman–Crippen MR) is 196 cm³/mol. The van der Waals surface area contributed by atoms with Gasteiger partial charge in [-0.2, -0.15) is 0 Å². The molecule has 10 heteroatoms. The summed E-state index contributed by atoms with van der Waals surface area (Å²) in [5, 5.41) is 20.5. The summed E-state index contributed by atoms with van der Waals surface area (Å²) in [4.78, 5) is 16.9. The minimum Gasteiger partial charge on any atom is -0.497 e. The van der Waals surface area contributed by atoms with E-state index in [4.69, 9.17) is 14.2 Å². The number of aliphatic hydroxyl groups is 1. The fourth-order valence-electron chi connectivity index (χ4n) is 8.35. The molecule has 5 aromatic rings. The lowest BCUT2D eigenvalue weighted by molar-refractivity contribution is -0.145. The van der Waals surface area contributed by atoms with Crippen LogP contribution in [0.3, 0.4) is 0 Å². The molecular formula is C40H44N4O5Si. The molecule has 50 heavy (non-hydrogen) atoms. The third-order valence-corrected chi connectivity index (χ3v) is 15.3. The number of benzene rings is 4. The van der Waals surface area contributed by atoms with Gasteiger partial charge in [-0.1, -0.05) is 91.1 Å². The molecule has 1 unspecified atom stereocenters. The Kier molecular flexibility index (Phi) is 9.11. The van der Waals surface area contributed by atoms with Crippen LogP contribution < -0.4 is 19.6 Å². The average Bonchev–Trinajstić information content (AvgIpc) is 3.81. The van der Waals surface area contributed by atoms with Crippen molar-refractivity contribution >= 4 is 30.5 Å². The predicted octanol–water partition coefficient (Wildman–Crippen LogP) is 6.40. The second kappa shape index (κ2) is 13.5. The molecule has 5 atom stereocenters. The van der Waals surface area contributed by atoms with Gasteiger partial charge in [0, 0.05) is 29.9 Å². The first-order valence-electron chi connectivity index (χ1n) is 17.2. The van der Waals surface area contributed by atoms with Gasteiger partial charge in [-0.15, -0.1) is 5.10 Å². The maximum absolute atomic E-state index is 15.1. The van der Waals surface area contributed by atoms with Crippen molar-refractivity contribution in [2.75, 3.05) is 25.7 Å². The molecule has 2 aliphatic rings. The molecule has 2 aliphatic heterocycles. The van der Waals surface area contributed by atoms with E-state index in [0.717, 1.165) is 28.3 Å². The van der Waals surface area contributed by atoms with Crippen LogP contribution >= 0.6 is 0 Å². The Labute approximate surface area is 294 Å². The van der Waals surface area contributed by atoms with Crippen molar-refractivity contribution in [1.29, 1.82) is 0 Å². The molecule has 0 bridgehead atoms. The number of hydrogen-bond acceptors (Lipinski definition) is 7. The van der Waals surface area contributed by atoms with E-state index in [-0.39, 0.29) is 36.0 Å². The number of nitrogens with zero attached hydrogens (tertiary/aromatic N) is 4. The van der Waals surface area contributed by atoms with E-state index in [1.54, 1.807) is 14.2 Å². The molecule has 7 rings (SSSR count). The van der Waals surface area contributed by atoms with Crippen LogP contribution in [-0.4, -0.2) is 61.0 Å². The quantitative estimate of drug-likeness (QED) is 0.160. The van der Waals surface area contributed by atoms with Gasteiger partial charge in [0.15, 0.2) is 5.60 Å².